The number of carbonyl (C=O) groups is 2. The second-order valence-electron chi connectivity index (χ2n) is 9.74. The van der Waals surface area contributed by atoms with Crippen LogP contribution >= 0.6 is 11.6 Å². The number of halogens is 1. The zero-order chi connectivity index (χ0) is 30.0. The molecule has 1 unspecified atom stereocenters. The zero-order valence-electron chi connectivity index (χ0n) is 24.0. The monoisotopic (exact) mass is 599 g/mol. The van der Waals surface area contributed by atoms with Gasteiger partial charge < -0.3 is 15.0 Å². The van der Waals surface area contributed by atoms with Crippen molar-refractivity contribution in [1.29, 1.82) is 0 Å². The second kappa shape index (κ2) is 14.9. The molecular weight excluding hydrogens is 562 g/mol. The summed E-state index contributed by atoms with van der Waals surface area (Å²) < 4.78 is 34.1. The first-order valence-electron chi connectivity index (χ1n) is 13.7. The maximum absolute atomic E-state index is 14.1. The van der Waals surface area contributed by atoms with Crippen molar-refractivity contribution in [3.63, 3.8) is 0 Å². The third-order valence-corrected chi connectivity index (χ3v) is 8.77. The van der Waals surface area contributed by atoms with Crippen LogP contribution in [0.3, 0.4) is 0 Å². The molecule has 0 heterocycles. The van der Waals surface area contributed by atoms with Crippen LogP contribution in [0.1, 0.15) is 44.2 Å². The van der Waals surface area contributed by atoms with Gasteiger partial charge in [-0.25, -0.2) is 8.42 Å². The van der Waals surface area contributed by atoms with Gasteiger partial charge in [-0.2, -0.15) is 0 Å². The molecule has 1 atom stereocenters. The minimum absolute atomic E-state index is 0.00418. The molecule has 3 aromatic rings. The van der Waals surface area contributed by atoms with Gasteiger partial charge in [0.25, 0.3) is 10.0 Å². The molecule has 3 rings (SSSR count). The minimum atomic E-state index is -4.18. The summed E-state index contributed by atoms with van der Waals surface area (Å²) in [5, 5.41) is 3.36. The molecule has 10 heteroatoms. The van der Waals surface area contributed by atoms with Crippen LogP contribution in [0.4, 0.5) is 5.69 Å². The lowest BCUT2D eigenvalue weighted by molar-refractivity contribution is -0.140. The van der Waals surface area contributed by atoms with Crippen molar-refractivity contribution in [1.82, 2.24) is 10.2 Å². The number of hydrogen-bond acceptors (Lipinski definition) is 5. The SMILES string of the molecule is CCCCNC(=O)C(CC)N(Cc1ccc(C)cc1)C(=O)CN(c1ccc(Cl)cc1)S(=O)(=O)c1ccc(OC)cc1. The molecule has 220 valence electrons. The average molecular weight is 600 g/mol. The predicted octanol–water partition coefficient (Wildman–Crippen LogP) is 5.58. The Bertz CT molecular complexity index is 1400. The van der Waals surface area contributed by atoms with E-state index in [2.05, 4.69) is 5.32 Å². The van der Waals surface area contributed by atoms with E-state index in [9.17, 15) is 18.0 Å². The van der Waals surface area contributed by atoms with Crippen molar-refractivity contribution in [2.45, 2.75) is 57.5 Å². The topological polar surface area (TPSA) is 96.0 Å². The first kappa shape index (κ1) is 32.0. The summed E-state index contributed by atoms with van der Waals surface area (Å²) in [7, 11) is -2.69. The third kappa shape index (κ3) is 8.47. The highest BCUT2D eigenvalue weighted by atomic mass is 35.5. The van der Waals surface area contributed by atoms with Gasteiger partial charge in [-0.3, -0.25) is 13.9 Å². The number of unbranched alkanes of at least 4 members (excludes halogenated alkanes) is 1. The Balaban J connectivity index is 2.02. The van der Waals surface area contributed by atoms with Crippen LogP contribution in [0, 0.1) is 6.92 Å². The quantitative estimate of drug-likeness (QED) is 0.244. The summed E-state index contributed by atoms with van der Waals surface area (Å²) in [5.41, 5.74) is 2.17. The van der Waals surface area contributed by atoms with Gasteiger partial charge in [0.2, 0.25) is 11.8 Å². The van der Waals surface area contributed by atoms with Gasteiger partial charge in [0.1, 0.15) is 18.3 Å². The van der Waals surface area contributed by atoms with Crippen LogP contribution in [0.25, 0.3) is 0 Å². The van der Waals surface area contributed by atoms with Crippen LogP contribution in [-0.2, 0) is 26.2 Å². The maximum atomic E-state index is 14.1. The summed E-state index contributed by atoms with van der Waals surface area (Å²) in [6, 6.07) is 19.1. The molecule has 0 spiro atoms. The zero-order valence-corrected chi connectivity index (χ0v) is 25.5. The average Bonchev–Trinajstić information content (AvgIpc) is 2.97. The number of methoxy groups -OCH3 is 1. The Morgan fingerprint density at radius 2 is 1.59 bits per heavy atom. The fraction of sp³-hybridized carbons (Fsp3) is 0.355. The van der Waals surface area contributed by atoms with E-state index in [0.29, 0.717) is 23.7 Å². The van der Waals surface area contributed by atoms with Gasteiger partial charge in [-0.05, 0) is 73.9 Å². The molecule has 0 fully saturated rings. The number of aryl methyl sites for hydroxylation is 1. The highest BCUT2D eigenvalue weighted by Gasteiger charge is 2.33. The van der Waals surface area contributed by atoms with Crippen LogP contribution < -0.4 is 14.4 Å². The van der Waals surface area contributed by atoms with E-state index in [1.165, 1.54) is 24.1 Å². The van der Waals surface area contributed by atoms with Gasteiger partial charge in [0.05, 0.1) is 17.7 Å². The number of ether oxygens (including phenoxy) is 1. The molecule has 0 bridgehead atoms. The number of carbonyl (C=O) groups excluding carboxylic acids is 2. The summed E-state index contributed by atoms with van der Waals surface area (Å²) in [5.74, 6) is -0.269. The Morgan fingerprint density at radius 1 is 0.951 bits per heavy atom. The summed E-state index contributed by atoms with van der Waals surface area (Å²) >= 11 is 6.08. The van der Waals surface area contributed by atoms with Crippen molar-refractivity contribution >= 4 is 39.1 Å². The van der Waals surface area contributed by atoms with Crippen LogP contribution in [0.15, 0.2) is 77.7 Å². The summed E-state index contributed by atoms with van der Waals surface area (Å²) in [4.78, 5) is 28.8. The van der Waals surface area contributed by atoms with Crippen LogP contribution in [0.5, 0.6) is 5.75 Å². The second-order valence-corrected chi connectivity index (χ2v) is 12.0. The largest absolute Gasteiger partial charge is 0.497 e. The van der Waals surface area contributed by atoms with Crippen LogP contribution in [0.2, 0.25) is 5.02 Å². The molecule has 1 N–H and O–H groups in total. The molecule has 2 amide bonds. The van der Waals surface area contributed by atoms with Gasteiger partial charge in [-0.15, -0.1) is 0 Å². The van der Waals surface area contributed by atoms with Gasteiger partial charge in [-0.1, -0.05) is 61.7 Å². The molecule has 41 heavy (non-hydrogen) atoms. The van der Waals surface area contributed by atoms with Crippen LogP contribution in [-0.4, -0.2) is 51.4 Å². The number of nitrogens with one attached hydrogen (secondary N) is 1. The van der Waals surface area contributed by atoms with E-state index in [4.69, 9.17) is 16.3 Å². The highest BCUT2D eigenvalue weighted by Crippen LogP contribution is 2.27. The summed E-state index contributed by atoms with van der Waals surface area (Å²) in [6.07, 6.45) is 2.10. The Kier molecular flexibility index (Phi) is 11.6. The molecule has 0 aliphatic rings. The van der Waals surface area contributed by atoms with E-state index >= 15 is 0 Å². The molecule has 0 saturated carbocycles. The molecule has 0 saturated heterocycles. The smallest absolute Gasteiger partial charge is 0.264 e. The number of nitrogens with zero attached hydrogens (tertiary/aromatic N) is 2. The number of amides is 2. The van der Waals surface area contributed by atoms with Crippen molar-refractivity contribution in [3.05, 3.63) is 88.9 Å². The van der Waals surface area contributed by atoms with E-state index < -0.39 is 28.5 Å². The lowest BCUT2D eigenvalue weighted by Crippen LogP contribution is -2.52. The van der Waals surface area contributed by atoms with Crippen molar-refractivity contribution in [2.24, 2.45) is 0 Å². The van der Waals surface area contributed by atoms with Crippen molar-refractivity contribution in [3.8, 4) is 5.75 Å². The maximum Gasteiger partial charge on any atom is 0.264 e. The number of hydrogen-bond donors (Lipinski definition) is 1. The standard InChI is InChI=1S/C31H38ClN3O5S/c1-5-7-20-33-31(37)29(6-2)34(21-24-10-8-23(3)9-11-24)30(36)22-35(26-14-12-25(32)13-15-26)41(38,39)28-18-16-27(40-4)17-19-28/h8-19,29H,5-7,20-22H2,1-4H3,(H,33,37). The van der Waals surface area contributed by atoms with E-state index in [0.717, 1.165) is 28.3 Å². The van der Waals surface area contributed by atoms with Crippen molar-refractivity contribution < 1.29 is 22.7 Å². The lowest BCUT2D eigenvalue weighted by atomic mass is 10.1. The lowest BCUT2D eigenvalue weighted by Gasteiger charge is -2.33. The summed E-state index contributed by atoms with van der Waals surface area (Å²) in [6.45, 7) is 5.98. The number of rotatable bonds is 14. The fourth-order valence-corrected chi connectivity index (χ4v) is 5.87. The Labute approximate surface area is 248 Å². The van der Waals surface area contributed by atoms with Crippen molar-refractivity contribution in [2.75, 3.05) is 24.5 Å². The Hall–Kier alpha value is -3.56. The first-order chi connectivity index (χ1) is 19.6. The molecule has 0 radical (unpaired) electrons. The molecular formula is C31H38ClN3O5S. The fourth-order valence-electron chi connectivity index (χ4n) is 4.33. The number of anilines is 1. The van der Waals surface area contributed by atoms with Gasteiger partial charge >= 0.3 is 0 Å². The van der Waals surface area contributed by atoms with E-state index in [1.807, 2.05) is 45.0 Å². The molecule has 0 aliphatic heterocycles. The predicted molar refractivity (Wildman–Crippen MR) is 163 cm³/mol. The number of benzene rings is 3. The Morgan fingerprint density at radius 3 is 2.15 bits per heavy atom. The molecule has 3 aromatic carbocycles. The first-order valence-corrected chi connectivity index (χ1v) is 15.5. The molecule has 0 aliphatic carbocycles. The van der Waals surface area contributed by atoms with E-state index in [-0.39, 0.29) is 23.0 Å². The molecule has 0 aromatic heterocycles. The highest BCUT2D eigenvalue weighted by molar-refractivity contribution is 7.92. The molecule has 8 nitrogen and oxygen atoms in total. The van der Waals surface area contributed by atoms with Gasteiger partial charge in [0, 0.05) is 18.1 Å². The normalized spacial score (nSPS) is 11.9. The third-order valence-electron chi connectivity index (χ3n) is 6.73. The number of sulfonamides is 1. The van der Waals surface area contributed by atoms with Gasteiger partial charge in [0.15, 0.2) is 0 Å². The van der Waals surface area contributed by atoms with E-state index in [1.54, 1.807) is 36.4 Å². The minimum Gasteiger partial charge on any atom is -0.497 e.